The molecular weight excluding hydrogens is 482 g/mol. The van der Waals surface area contributed by atoms with E-state index in [1.165, 1.54) is 12.3 Å². The molecule has 0 fully saturated rings. The number of nitrogens with zero attached hydrogens (tertiary/aromatic N) is 1. The number of hydrogen-bond donors (Lipinski definition) is 5. The summed E-state index contributed by atoms with van der Waals surface area (Å²) in [6.45, 7) is 1.93. The second kappa shape index (κ2) is 12.5. The number of halogens is 3. The van der Waals surface area contributed by atoms with Gasteiger partial charge >= 0.3 is 6.03 Å². The molecule has 0 aliphatic carbocycles. The zero-order valence-corrected chi connectivity index (χ0v) is 19.8. The first kappa shape index (κ1) is 25.6. The van der Waals surface area contributed by atoms with Gasteiger partial charge in [0.25, 0.3) is 5.56 Å². The summed E-state index contributed by atoms with van der Waals surface area (Å²) < 4.78 is 14.4. The Morgan fingerprint density at radius 3 is 2.62 bits per heavy atom. The minimum Gasteiger partial charge on any atom is -0.337 e. The predicted molar refractivity (Wildman–Crippen MR) is 133 cm³/mol. The van der Waals surface area contributed by atoms with Crippen LogP contribution in [0.3, 0.4) is 0 Å². The van der Waals surface area contributed by atoms with Gasteiger partial charge < -0.3 is 21.4 Å². The molecule has 8 nitrogen and oxygen atoms in total. The van der Waals surface area contributed by atoms with Gasteiger partial charge in [0.2, 0.25) is 5.95 Å². The molecule has 1 aromatic heterocycles. The second-order valence-corrected chi connectivity index (χ2v) is 8.30. The van der Waals surface area contributed by atoms with Crippen molar-refractivity contribution in [3.8, 4) is 11.1 Å². The average molecular weight is 507 g/mol. The van der Waals surface area contributed by atoms with Crippen LogP contribution in [0, 0.1) is 5.82 Å². The number of carbonyl (C=O) groups excluding carboxylic acids is 1. The molecular formula is C23H25Cl2FN6O2. The fourth-order valence-electron chi connectivity index (χ4n) is 3.16. The van der Waals surface area contributed by atoms with E-state index in [2.05, 4.69) is 25.9 Å². The van der Waals surface area contributed by atoms with Crippen molar-refractivity contribution in [3.05, 3.63) is 79.9 Å². The van der Waals surface area contributed by atoms with Crippen LogP contribution in [0.4, 0.5) is 15.1 Å². The van der Waals surface area contributed by atoms with E-state index in [0.29, 0.717) is 53.8 Å². The smallest absolute Gasteiger partial charge is 0.321 e. The highest BCUT2D eigenvalue weighted by molar-refractivity contribution is 6.35. The third-order valence-corrected chi connectivity index (χ3v) is 5.55. The topological polar surface area (TPSA) is 125 Å². The summed E-state index contributed by atoms with van der Waals surface area (Å²) in [4.78, 5) is 31.2. The van der Waals surface area contributed by atoms with Gasteiger partial charge in [-0.25, -0.2) is 9.18 Å². The first-order valence-corrected chi connectivity index (χ1v) is 11.4. The fraction of sp³-hybridized carbons (Fsp3) is 0.261. The summed E-state index contributed by atoms with van der Waals surface area (Å²) >= 11 is 12.0. The third-order valence-electron chi connectivity index (χ3n) is 4.96. The number of aromatic nitrogens is 2. The largest absolute Gasteiger partial charge is 0.337 e. The van der Waals surface area contributed by atoms with Crippen LogP contribution in [0.25, 0.3) is 11.1 Å². The van der Waals surface area contributed by atoms with Crippen LogP contribution in [-0.4, -0.2) is 35.6 Å². The minimum absolute atomic E-state index is 0.0306. The van der Waals surface area contributed by atoms with Gasteiger partial charge in [0.05, 0.1) is 5.56 Å². The zero-order valence-electron chi connectivity index (χ0n) is 18.3. The fourth-order valence-corrected chi connectivity index (χ4v) is 3.67. The number of nitrogens with two attached hydrogens (primary N) is 1. The first-order chi connectivity index (χ1) is 16.4. The molecule has 6 N–H and O–H groups in total. The van der Waals surface area contributed by atoms with E-state index in [9.17, 15) is 14.0 Å². The van der Waals surface area contributed by atoms with Gasteiger partial charge in [0.15, 0.2) is 0 Å². The van der Waals surface area contributed by atoms with Gasteiger partial charge in [-0.2, -0.15) is 4.98 Å². The number of H-pyrrole nitrogens is 1. The molecule has 0 aliphatic rings. The molecule has 0 atom stereocenters. The summed E-state index contributed by atoms with van der Waals surface area (Å²) in [5, 5.41) is 9.28. The van der Waals surface area contributed by atoms with Crippen molar-refractivity contribution in [1.82, 2.24) is 20.6 Å². The Hall–Kier alpha value is -2.98. The van der Waals surface area contributed by atoms with Crippen molar-refractivity contribution in [3.63, 3.8) is 0 Å². The van der Waals surface area contributed by atoms with Crippen LogP contribution in [0.1, 0.15) is 17.5 Å². The number of urea groups is 1. The number of carbonyl (C=O) groups is 1. The number of amides is 2. The lowest BCUT2D eigenvalue weighted by atomic mass is 10.1. The maximum Gasteiger partial charge on any atom is 0.321 e. The normalized spacial score (nSPS) is 10.8. The Labute approximate surface area is 206 Å². The molecule has 1 heterocycles. The summed E-state index contributed by atoms with van der Waals surface area (Å²) in [6.07, 6.45) is 2.68. The Morgan fingerprint density at radius 2 is 1.91 bits per heavy atom. The van der Waals surface area contributed by atoms with E-state index >= 15 is 0 Å². The Kier molecular flexibility index (Phi) is 9.41. The molecule has 0 saturated carbocycles. The van der Waals surface area contributed by atoms with Gasteiger partial charge in [-0.15, -0.1) is 0 Å². The van der Waals surface area contributed by atoms with Crippen LogP contribution >= 0.6 is 23.2 Å². The van der Waals surface area contributed by atoms with E-state index < -0.39 is 17.4 Å². The van der Waals surface area contributed by atoms with E-state index in [4.69, 9.17) is 28.9 Å². The average Bonchev–Trinajstić information content (AvgIpc) is 2.79. The lowest BCUT2D eigenvalue weighted by molar-refractivity contribution is 0.252. The molecule has 0 radical (unpaired) electrons. The molecule has 2 aromatic carbocycles. The molecule has 0 saturated heterocycles. The zero-order chi connectivity index (χ0) is 24.5. The van der Waals surface area contributed by atoms with Crippen molar-refractivity contribution >= 4 is 35.2 Å². The highest BCUT2D eigenvalue weighted by Crippen LogP contribution is 2.21. The molecule has 0 spiro atoms. The van der Waals surface area contributed by atoms with Crippen LogP contribution in [0.15, 0.2) is 47.4 Å². The van der Waals surface area contributed by atoms with E-state index in [1.807, 2.05) is 0 Å². The Morgan fingerprint density at radius 1 is 1.12 bits per heavy atom. The Balaban J connectivity index is 1.56. The summed E-state index contributed by atoms with van der Waals surface area (Å²) in [5.41, 5.74) is 6.73. The number of rotatable bonds is 10. The second-order valence-electron chi connectivity index (χ2n) is 7.46. The maximum atomic E-state index is 14.4. The molecule has 0 unspecified atom stereocenters. The van der Waals surface area contributed by atoms with Gasteiger partial charge in [-0.1, -0.05) is 41.4 Å². The molecule has 2 amide bonds. The van der Waals surface area contributed by atoms with Gasteiger partial charge in [-0.3, -0.25) is 10.1 Å². The number of hydrogen-bond acceptors (Lipinski definition) is 5. The highest BCUT2D eigenvalue weighted by atomic mass is 35.5. The summed E-state index contributed by atoms with van der Waals surface area (Å²) in [7, 11) is 0. The standard InChI is InChI=1S/C23H25Cl2FN6O2/c24-17-5-4-14(19(25)11-17)6-9-29-23(34)32-22-30-13-18(21(33)31-22)15-2-3-16(20(26)10-15)12-28-8-1-7-27/h2-5,10-11,13,28H,1,6-9,12,27H2,(H3,29,30,31,32,33,34). The minimum atomic E-state index is -0.602. The van der Waals surface area contributed by atoms with Gasteiger partial charge in [0.1, 0.15) is 5.82 Å². The molecule has 0 bridgehead atoms. The van der Waals surface area contributed by atoms with Crippen LogP contribution in [0.2, 0.25) is 10.0 Å². The van der Waals surface area contributed by atoms with E-state index in [1.54, 1.807) is 30.3 Å². The number of anilines is 1. The lowest BCUT2D eigenvalue weighted by Gasteiger charge is -2.09. The molecule has 0 aliphatic heterocycles. The van der Waals surface area contributed by atoms with Gasteiger partial charge in [-0.05, 0) is 55.3 Å². The third kappa shape index (κ3) is 7.26. The van der Waals surface area contributed by atoms with Crippen molar-refractivity contribution in [2.75, 3.05) is 25.0 Å². The number of nitrogens with one attached hydrogen (secondary N) is 4. The van der Waals surface area contributed by atoms with Crippen molar-refractivity contribution in [2.45, 2.75) is 19.4 Å². The molecule has 3 aromatic rings. The monoisotopic (exact) mass is 506 g/mol. The van der Waals surface area contributed by atoms with Crippen LogP contribution in [0.5, 0.6) is 0 Å². The van der Waals surface area contributed by atoms with Gasteiger partial charge in [0, 0.05) is 34.9 Å². The lowest BCUT2D eigenvalue weighted by Crippen LogP contribution is -2.32. The molecule has 3 rings (SSSR count). The highest BCUT2D eigenvalue weighted by Gasteiger charge is 2.11. The first-order valence-electron chi connectivity index (χ1n) is 10.7. The van der Waals surface area contributed by atoms with Crippen molar-refractivity contribution in [2.24, 2.45) is 5.73 Å². The molecule has 180 valence electrons. The molecule has 34 heavy (non-hydrogen) atoms. The van der Waals surface area contributed by atoms with E-state index in [0.717, 1.165) is 12.0 Å². The van der Waals surface area contributed by atoms with Crippen LogP contribution in [-0.2, 0) is 13.0 Å². The van der Waals surface area contributed by atoms with Crippen molar-refractivity contribution < 1.29 is 9.18 Å². The van der Waals surface area contributed by atoms with Crippen LogP contribution < -0.4 is 27.2 Å². The van der Waals surface area contributed by atoms with Crippen molar-refractivity contribution in [1.29, 1.82) is 0 Å². The predicted octanol–water partition coefficient (Wildman–Crippen LogP) is 3.69. The SMILES string of the molecule is NCCCNCc1ccc(-c2c[nH]c(NC(=O)NCCc3ccc(Cl)cc3Cl)nc2=O)cc1F. The quantitative estimate of drug-likeness (QED) is 0.268. The summed E-state index contributed by atoms with van der Waals surface area (Å²) in [6, 6.07) is 9.15. The number of aromatic amines is 1. The summed E-state index contributed by atoms with van der Waals surface area (Å²) in [5.74, 6) is -0.462. The maximum absolute atomic E-state index is 14.4. The Bertz CT molecular complexity index is 1200. The number of benzene rings is 2. The van der Waals surface area contributed by atoms with E-state index in [-0.39, 0.29) is 11.5 Å². The molecule has 11 heteroatoms.